The van der Waals surface area contributed by atoms with Gasteiger partial charge in [0.1, 0.15) is 19.8 Å². The lowest BCUT2D eigenvalue weighted by molar-refractivity contribution is -0.870. The standard InChI is InChI=1S/C46H78NO10P/c1-6-8-10-12-14-16-18-20-21-22-24-26-28-30-32-36-46(51)57-42(41-56-58(52,53)55-39-38-47(3,4)5)40-54-45(50)37-33-35-44(49)43(48)34-31-29-27-25-23-19-17-15-13-11-9-7-2/h8,10,14-17,20-21,23-26,29,31,42-44,48-49H,6-7,9,11-13,18-19,22,27-28,30,32-41H2,1-5H3/b10-8-,16-14-,17-15-,21-20-,25-23-,26-24-,31-29-/t42-,43?,44?/m1/s1. The van der Waals surface area contributed by atoms with Gasteiger partial charge in [0.25, 0.3) is 7.82 Å². The van der Waals surface area contributed by atoms with Gasteiger partial charge in [-0.3, -0.25) is 14.2 Å². The molecule has 0 aliphatic heterocycles. The Morgan fingerprint density at radius 1 is 0.638 bits per heavy atom. The Hall–Kier alpha value is -2.89. The van der Waals surface area contributed by atoms with Gasteiger partial charge in [0.2, 0.25) is 0 Å². The number of ether oxygens (including phenoxy) is 2. The Kier molecular flexibility index (Phi) is 35.3. The molecule has 0 aromatic heterocycles. The molecule has 11 nitrogen and oxygen atoms in total. The fourth-order valence-corrected chi connectivity index (χ4v) is 5.83. The molecule has 12 heteroatoms. The zero-order valence-corrected chi connectivity index (χ0v) is 37.3. The molecule has 0 bridgehead atoms. The highest BCUT2D eigenvalue weighted by Crippen LogP contribution is 2.38. The molecule has 0 fully saturated rings. The van der Waals surface area contributed by atoms with Crippen molar-refractivity contribution >= 4 is 19.8 Å². The summed E-state index contributed by atoms with van der Waals surface area (Å²) in [5.74, 6) is -1.18. The van der Waals surface area contributed by atoms with Crippen LogP contribution < -0.4 is 4.89 Å². The number of phosphoric ester groups is 1. The van der Waals surface area contributed by atoms with E-state index in [0.717, 1.165) is 57.8 Å². The average Bonchev–Trinajstić information content (AvgIpc) is 3.17. The summed E-state index contributed by atoms with van der Waals surface area (Å²) in [7, 11) is 0.968. The summed E-state index contributed by atoms with van der Waals surface area (Å²) in [5, 5.41) is 20.7. The summed E-state index contributed by atoms with van der Waals surface area (Å²) in [5.41, 5.74) is 0. The lowest BCUT2D eigenvalue weighted by Crippen LogP contribution is -2.37. The highest BCUT2D eigenvalue weighted by molar-refractivity contribution is 7.45. The molecule has 0 rings (SSSR count). The van der Waals surface area contributed by atoms with Gasteiger partial charge in [0, 0.05) is 12.8 Å². The third-order valence-electron chi connectivity index (χ3n) is 8.60. The molecular formula is C46H78NO10P. The van der Waals surface area contributed by atoms with E-state index in [9.17, 15) is 29.3 Å². The number of rotatable bonds is 37. The Labute approximate surface area is 351 Å². The Bertz CT molecular complexity index is 1300. The van der Waals surface area contributed by atoms with Crippen LogP contribution in [0.1, 0.15) is 129 Å². The number of carbonyl (C=O) groups is 2. The maximum atomic E-state index is 12.7. The van der Waals surface area contributed by atoms with Crippen LogP contribution in [0.25, 0.3) is 0 Å². The lowest BCUT2D eigenvalue weighted by Gasteiger charge is -2.28. The first-order valence-electron chi connectivity index (χ1n) is 21.5. The third kappa shape index (κ3) is 38.6. The molecule has 3 unspecified atom stereocenters. The van der Waals surface area contributed by atoms with Gasteiger partial charge >= 0.3 is 11.9 Å². The fourth-order valence-electron chi connectivity index (χ4n) is 5.10. The molecule has 0 aliphatic rings. The molecule has 2 N–H and O–H groups in total. The van der Waals surface area contributed by atoms with E-state index in [1.54, 1.807) is 0 Å². The number of allylic oxidation sites excluding steroid dienone is 13. The van der Waals surface area contributed by atoms with Gasteiger partial charge in [-0.15, -0.1) is 0 Å². The number of aliphatic hydroxyl groups is 2. The van der Waals surface area contributed by atoms with Crippen LogP contribution in [-0.2, 0) is 32.7 Å². The van der Waals surface area contributed by atoms with Crippen LogP contribution in [0.4, 0.5) is 0 Å². The predicted molar refractivity (Wildman–Crippen MR) is 234 cm³/mol. The molecule has 58 heavy (non-hydrogen) atoms. The summed E-state index contributed by atoms with van der Waals surface area (Å²) < 4.78 is 33.6. The molecule has 0 saturated heterocycles. The van der Waals surface area contributed by atoms with Crippen molar-refractivity contribution in [1.29, 1.82) is 0 Å². The lowest BCUT2D eigenvalue weighted by atomic mass is 10.0. The zero-order valence-electron chi connectivity index (χ0n) is 36.4. The topological polar surface area (TPSA) is 152 Å². The van der Waals surface area contributed by atoms with Gasteiger partial charge in [0.05, 0.1) is 40.0 Å². The molecular weight excluding hydrogens is 757 g/mol. The summed E-state index contributed by atoms with van der Waals surface area (Å²) in [6.45, 7) is 3.66. The second kappa shape index (κ2) is 37.1. The number of carbonyl (C=O) groups excluding carboxylic acids is 2. The van der Waals surface area contributed by atoms with E-state index in [-0.39, 0.29) is 38.7 Å². The van der Waals surface area contributed by atoms with E-state index in [4.69, 9.17) is 18.5 Å². The minimum absolute atomic E-state index is 0.0511. The van der Waals surface area contributed by atoms with E-state index in [1.807, 2.05) is 33.3 Å². The van der Waals surface area contributed by atoms with Crippen molar-refractivity contribution in [3.05, 3.63) is 85.1 Å². The van der Waals surface area contributed by atoms with Crippen molar-refractivity contribution in [1.82, 2.24) is 0 Å². The molecule has 332 valence electrons. The molecule has 0 aromatic carbocycles. The van der Waals surface area contributed by atoms with Crippen molar-refractivity contribution in [3.63, 3.8) is 0 Å². The van der Waals surface area contributed by atoms with Gasteiger partial charge in [0.15, 0.2) is 6.10 Å². The summed E-state index contributed by atoms with van der Waals surface area (Å²) in [4.78, 5) is 37.5. The Morgan fingerprint density at radius 3 is 1.71 bits per heavy atom. The average molecular weight is 836 g/mol. The molecule has 0 heterocycles. The number of aliphatic hydroxyl groups excluding tert-OH is 2. The van der Waals surface area contributed by atoms with Crippen LogP contribution in [0.5, 0.6) is 0 Å². The van der Waals surface area contributed by atoms with Crippen molar-refractivity contribution in [2.24, 2.45) is 0 Å². The van der Waals surface area contributed by atoms with Gasteiger partial charge < -0.3 is 38.1 Å². The molecule has 0 aliphatic carbocycles. The highest BCUT2D eigenvalue weighted by atomic mass is 31.2. The summed E-state index contributed by atoms with van der Waals surface area (Å²) >= 11 is 0. The highest BCUT2D eigenvalue weighted by Gasteiger charge is 2.22. The maximum absolute atomic E-state index is 12.7. The molecule has 4 atom stereocenters. The van der Waals surface area contributed by atoms with E-state index in [1.165, 1.54) is 19.3 Å². The second-order valence-corrected chi connectivity index (χ2v) is 16.7. The van der Waals surface area contributed by atoms with Crippen molar-refractivity contribution in [3.8, 4) is 0 Å². The normalized spacial score (nSPS) is 15.5. The van der Waals surface area contributed by atoms with Crippen LogP contribution in [0.2, 0.25) is 0 Å². The SMILES string of the molecule is CC/C=C\C/C=C\C/C=C\C/C=C\CCCCC(=O)O[C@H](COC(=O)CCCC(O)C(O)C/C=C\C/C=C\C/C=C\CCCCC)COP(=O)([O-])OCC[N+](C)(C)C. The number of esters is 2. The second-order valence-electron chi connectivity index (χ2n) is 15.3. The molecule has 0 saturated carbocycles. The monoisotopic (exact) mass is 836 g/mol. The zero-order chi connectivity index (χ0) is 43.2. The number of nitrogens with zero attached hydrogens (tertiary/aromatic N) is 1. The predicted octanol–water partition coefficient (Wildman–Crippen LogP) is 9.33. The smallest absolute Gasteiger partial charge is 0.306 e. The number of hydrogen-bond acceptors (Lipinski definition) is 10. The molecule has 0 spiro atoms. The summed E-state index contributed by atoms with van der Waals surface area (Å²) in [6.07, 6.45) is 39.4. The van der Waals surface area contributed by atoms with Crippen LogP contribution in [0.15, 0.2) is 85.1 Å². The maximum Gasteiger partial charge on any atom is 0.306 e. The Balaban J connectivity index is 4.70. The van der Waals surface area contributed by atoms with E-state index in [0.29, 0.717) is 17.4 Å². The van der Waals surface area contributed by atoms with Gasteiger partial charge in [-0.2, -0.15) is 0 Å². The molecule has 0 radical (unpaired) electrons. The first-order valence-corrected chi connectivity index (χ1v) is 22.9. The van der Waals surface area contributed by atoms with Crippen molar-refractivity contribution < 1.29 is 52.3 Å². The van der Waals surface area contributed by atoms with Crippen LogP contribution in [0, 0.1) is 0 Å². The van der Waals surface area contributed by atoms with E-state index < -0.39 is 51.3 Å². The van der Waals surface area contributed by atoms with Crippen molar-refractivity contribution in [2.75, 3.05) is 47.5 Å². The Morgan fingerprint density at radius 2 is 1.16 bits per heavy atom. The first-order chi connectivity index (χ1) is 27.8. The minimum atomic E-state index is -4.71. The number of quaternary nitrogens is 1. The third-order valence-corrected chi connectivity index (χ3v) is 9.56. The number of unbranched alkanes of at least 4 members (excludes halogenated alkanes) is 5. The van der Waals surface area contributed by atoms with E-state index >= 15 is 0 Å². The number of likely N-dealkylation sites (N-methyl/N-ethyl adjacent to an activating group) is 1. The number of phosphoric acid groups is 1. The first kappa shape index (κ1) is 55.1. The van der Waals surface area contributed by atoms with Crippen molar-refractivity contribution in [2.45, 2.75) is 148 Å². The van der Waals surface area contributed by atoms with Crippen LogP contribution >= 0.6 is 7.82 Å². The molecule has 0 amide bonds. The van der Waals surface area contributed by atoms with Gasteiger partial charge in [-0.1, -0.05) is 112 Å². The van der Waals surface area contributed by atoms with E-state index in [2.05, 4.69) is 86.8 Å². The van der Waals surface area contributed by atoms with Gasteiger partial charge in [-0.05, 0) is 89.9 Å². The van der Waals surface area contributed by atoms with Crippen LogP contribution in [-0.4, -0.2) is 92.5 Å². The minimum Gasteiger partial charge on any atom is -0.756 e. The van der Waals surface area contributed by atoms with Crippen LogP contribution in [0.3, 0.4) is 0 Å². The number of hydrogen-bond donors (Lipinski definition) is 2. The fraction of sp³-hybridized carbons (Fsp3) is 0.652. The molecule has 0 aromatic rings. The summed E-state index contributed by atoms with van der Waals surface area (Å²) in [6, 6.07) is 0. The quantitative estimate of drug-likeness (QED) is 0.0204. The largest absolute Gasteiger partial charge is 0.756 e. The van der Waals surface area contributed by atoms with Gasteiger partial charge in [-0.25, -0.2) is 0 Å².